The van der Waals surface area contributed by atoms with Gasteiger partial charge in [0.05, 0.1) is 6.10 Å². The summed E-state index contributed by atoms with van der Waals surface area (Å²) < 4.78 is 5.37. The van der Waals surface area contributed by atoms with Gasteiger partial charge in [0.25, 0.3) is 0 Å². The summed E-state index contributed by atoms with van der Waals surface area (Å²) in [6.07, 6.45) is 2.36. The minimum absolute atomic E-state index is 0.147. The van der Waals surface area contributed by atoms with Crippen LogP contribution in [-0.2, 0) is 9.53 Å². The highest BCUT2D eigenvalue weighted by Gasteiger charge is 2.36. The molecule has 0 radical (unpaired) electrons. The van der Waals surface area contributed by atoms with Gasteiger partial charge in [0.1, 0.15) is 5.54 Å². The number of rotatable bonds is 6. The summed E-state index contributed by atoms with van der Waals surface area (Å²) in [7, 11) is 1.72. The summed E-state index contributed by atoms with van der Waals surface area (Å²) >= 11 is 0. The molecule has 0 amide bonds. The van der Waals surface area contributed by atoms with Crippen LogP contribution in [0, 0.1) is 0 Å². The summed E-state index contributed by atoms with van der Waals surface area (Å²) in [6, 6.07) is 0.147. The molecule has 2 unspecified atom stereocenters. The fourth-order valence-corrected chi connectivity index (χ4v) is 2.61. The van der Waals surface area contributed by atoms with Crippen molar-refractivity contribution < 1.29 is 14.6 Å². The standard InChI is InChI=1S/C13H26N2O3/c1-10(2)14-13(3,12(16)17)9-15-7-5-6-11(8-15)18-4/h10-11,14H,5-9H2,1-4H3,(H,16,17). The largest absolute Gasteiger partial charge is 0.480 e. The van der Waals surface area contributed by atoms with E-state index in [1.165, 1.54) is 0 Å². The van der Waals surface area contributed by atoms with Crippen LogP contribution in [0.4, 0.5) is 0 Å². The Labute approximate surface area is 109 Å². The molecule has 0 saturated carbocycles. The number of methoxy groups -OCH3 is 1. The molecule has 1 heterocycles. The molecule has 5 heteroatoms. The fourth-order valence-electron chi connectivity index (χ4n) is 2.61. The number of hydrogen-bond donors (Lipinski definition) is 2. The average Bonchev–Trinajstić information content (AvgIpc) is 2.27. The Hall–Kier alpha value is -0.650. The predicted molar refractivity (Wildman–Crippen MR) is 70.8 cm³/mol. The van der Waals surface area contributed by atoms with E-state index in [1.807, 2.05) is 13.8 Å². The molecule has 0 aromatic carbocycles. The van der Waals surface area contributed by atoms with Crippen LogP contribution < -0.4 is 5.32 Å². The van der Waals surface area contributed by atoms with Crippen LogP contribution >= 0.6 is 0 Å². The minimum Gasteiger partial charge on any atom is -0.480 e. The van der Waals surface area contributed by atoms with Crippen LogP contribution in [0.5, 0.6) is 0 Å². The van der Waals surface area contributed by atoms with Crippen LogP contribution in [0.2, 0.25) is 0 Å². The van der Waals surface area contributed by atoms with E-state index in [4.69, 9.17) is 4.74 Å². The lowest BCUT2D eigenvalue weighted by atomic mass is 9.98. The van der Waals surface area contributed by atoms with E-state index in [9.17, 15) is 9.90 Å². The highest BCUT2D eigenvalue weighted by molar-refractivity contribution is 5.78. The predicted octanol–water partition coefficient (Wildman–Crippen LogP) is 0.939. The minimum atomic E-state index is -0.899. The third kappa shape index (κ3) is 4.23. The Morgan fingerprint density at radius 1 is 1.61 bits per heavy atom. The van der Waals surface area contributed by atoms with Gasteiger partial charge in [-0.25, -0.2) is 0 Å². The van der Waals surface area contributed by atoms with Gasteiger partial charge in [0, 0.05) is 26.2 Å². The molecule has 106 valence electrons. The summed E-state index contributed by atoms with van der Waals surface area (Å²) in [4.78, 5) is 13.6. The SMILES string of the molecule is COC1CCCN(CC(C)(NC(C)C)C(=O)O)C1. The van der Waals surface area contributed by atoms with Crippen molar-refractivity contribution in [2.24, 2.45) is 0 Å². The zero-order valence-electron chi connectivity index (χ0n) is 11.9. The third-order valence-electron chi connectivity index (χ3n) is 3.41. The van der Waals surface area contributed by atoms with Gasteiger partial charge in [-0.3, -0.25) is 15.0 Å². The van der Waals surface area contributed by atoms with Crippen molar-refractivity contribution in [3.63, 3.8) is 0 Å². The summed E-state index contributed by atoms with van der Waals surface area (Å²) in [5.74, 6) is -0.796. The monoisotopic (exact) mass is 258 g/mol. The number of piperidine rings is 1. The molecule has 2 N–H and O–H groups in total. The number of nitrogens with zero attached hydrogens (tertiary/aromatic N) is 1. The number of carbonyl (C=O) groups is 1. The van der Waals surface area contributed by atoms with E-state index in [2.05, 4.69) is 10.2 Å². The number of aliphatic carboxylic acids is 1. The van der Waals surface area contributed by atoms with Crippen LogP contribution in [0.15, 0.2) is 0 Å². The zero-order chi connectivity index (χ0) is 13.8. The number of hydrogen-bond acceptors (Lipinski definition) is 4. The Bertz CT molecular complexity index is 283. The van der Waals surface area contributed by atoms with Crippen LogP contribution in [0.1, 0.15) is 33.6 Å². The molecule has 2 atom stereocenters. The zero-order valence-corrected chi connectivity index (χ0v) is 11.9. The molecular weight excluding hydrogens is 232 g/mol. The normalized spacial score (nSPS) is 25.1. The van der Waals surface area contributed by atoms with E-state index in [0.717, 1.165) is 25.9 Å². The molecule has 18 heavy (non-hydrogen) atoms. The molecule has 0 bridgehead atoms. The first-order valence-corrected chi connectivity index (χ1v) is 6.63. The van der Waals surface area contributed by atoms with Gasteiger partial charge < -0.3 is 9.84 Å². The molecule has 0 spiro atoms. The Balaban J connectivity index is 2.63. The Morgan fingerprint density at radius 2 is 2.28 bits per heavy atom. The highest BCUT2D eigenvalue weighted by atomic mass is 16.5. The van der Waals surface area contributed by atoms with Crippen molar-refractivity contribution in [2.75, 3.05) is 26.7 Å². The first-order valence-electron chi connectivity index (χ1n) is 6.63. The molecule has 1 rings (SSSR count). The van der Waals surface area contributed by atoms with Gasteiger partial charge in [0.2, 0.25) is 0 Å². The van der Waals surface area contributed by atoms with E-state index in [-0.39, 0.29) is 12.1 Å². The second-order valence-electron chi connectivity index (χ2n) is 5.67. The maximum absolute atomic E-state index is 11.5. The first-order chi connectivity index (χ1) is 8.37. The van der Waals surface area contributed by atoms with Gasteiger partial charge in [-0.2, -0.15) is 0 Å². The molecule has 0 aromatic rings. The second kappa shape index (κ2) is 6.50. The quantitative estimate of drug-likeness (QED) is 0.742. The van der Waals surface area contributed by atoms with Crippen molar-refractivity contribution in [3.05, 3.63) is 0 Å². The summed E-state index contributed by atoms with van der Waals surface area (Å²) in [5.41, 5.74) is -0.899. The van der Waals surface area contributed by atoms with Crippen molar-refractivity contribution in [2.45, 2.75) is 51.3 Å². The number of carboxylic acid groups (broad SMARTS) is 1. The van der Waals surface area contributed by atoms with E-state index >= 15 is 0 Å². The molecule has 0 aromatic heterocycles. The number of nitrogens with one attached hydrogen (secondary N) is 1. The van der Waals surface area contributed by atoms with Gasteiger partial charge in [0.15, 0.2) is 0 Å². The lowest BCUT2D eigenvalue weighted by Gasteiger charge is -2.38. The molecular formula is C13H26N2O3. The molecule has 1 saturated heterocycles. The summed E-state index contributed by atoms with van der Waals surface area (Å²) in [5, 5.41) is 12.6. The Morgan fingerprint density at radius 3 is 2.78 bits per heavy atom. The second-order valence-corrected chi connectivity index (χ2v) is 5.67. The smallest absolute Gasteiger partial charge is 0.324 e. The van der Waals surface area contributed by atoms with Gasteiger partial charge in [-0.1, -0.05) is 0 Å². The Kier molecular flexibility index (Phi) is 5.56. The van der Waals surface area contributed by atoms with Crippen molar-refractivity contribution in [3.8, 4) is 0 Å². The molecule has 1 aliphatic rings. The maximum Gasteiger partial charge on any atom is 0.324 e. The lowest BCUT2D eigenvalue weighted by molar-refractivity contribution is -0.145. The van der Waals surface area contributed by atoms with Crippen molar-refractivity contribution in [1.82, 2.24) is 10.2 Å². The topological polar surface area (TPSA) is 61.8 Å². The van der Waals surface area contributed by atoms with Crippen LogP contribution in [0.25, 0.3) is 0 Å². The van der Waals surface area contributed by atoms with Crippen molar-refractivity contribution in [1.29, 1.82) is 0 Å². The fraction of sp³-hybridized carbons (Fsp3) is 0.923. The molecule has 0 aliphatic carbocycles. The van der Waals surface area contributed by atoms with E-state index < -0.39 is 11.5 Å². The maximum atomic E-state index is 11.5. The van der Waals surface area contributed by atoms with Crippen LogP contribution in [0.3, 0.4) is 0 Å². The number of carboxylic acids is 1. The van der Waals surface area contributed by atoms with Gasteiger partial charge in [-0.05, 0) is 40.2 Å². The molecule has 5 nitrogen and oxygen atoms in total. The number of likely N-dealkylation sites (tertiary alicyclic amines) is 1. The van der Waals surface area contributed by atoms with E-state index in [0.29, 0.717) is 6.54 Å². The third-order valence-corrected chi connectivity index (χ3v) is 3.41. The van der Waals surface area contributed by atoms with Gasteiger partial charge in [-0.15, -0.1) is 0 Å². The average molecular weight is 258 g/mol. The molecule has 1 aliphatic heterocycles. The van der Waals surface area contributed by atoms with E-state index in [1.54, 1.807) is 14.0 Å². The number of ether oxygens (including phenoxy) is 1. The lowest BCUT2D eigenvalue weighted by Crippen LogP contribution is -2.60. The van der Waals surface area contributed by atoms with Crippen LogP contribution in [-0.4, -0.2) is 60.4 Å². The highest BCUT2D eigenvalue weighted by Crippen LogP contribution is 2.16. The summed E-state index contributed by atoms with van der Waals surface area (Å²) in [6.45, 7) is 7.97. The van der Waals surface area contributed by atoms with Crippen molar-refractivity contribution >= 4 is 5.97 Å². The molecule has 1 fully saturated rings. The van der Waals surface area contributed by atoms with Gasteiger partial charge >= 0.3 is 5.97 Å². The first kappa shape index (κ1) is 15.4.